The second kappa shape index (κ2) is 3.97. The maximum absolute atomic E-state index is 11.2. The number of hydrogen-bond donors (Lipinski definition) is 3. The van der Waals surface area contributed by atoms with Crippen molar-refractivity contribution in [3.8, 4) is 0 Å². The molecule has 1 fully saturated rings. The van der Waals surface area contributed by atoms with Gasteiger partial charge in [-0.15, -0.1) is 0 Å². The van der Waals surface area contributed by atoms with E-state index in [-0.39, 0.29) is 0 Å². The standard InChI is InChI=1S/C10H14N4O2/c11-6-1-2-9(13-4-6)14-5-7(15)3-8(14)10(12)16/h1-2,4,7-8,15H,3,5,11H2,(H2,12,16). The van der Waals surface area contributed by atoms with Crippen LogP contribution in [0, 0.1) is 0 Å². The molecule has 1 saturated heterocycles. The zero-order chi connectivity index (χ0) is 11.7. The minimum atomic E-state index is -0.545. The van der Waals surface area contributed by atoms with Crippen molar-refractivity contribution in [3.63, 3.8) is 0 Å². The van der Waals surface area contributed by atoms with Crippen molar-refractivity contribution in [1.82, 2.24) is 4.98 Å². The second-order valence-corrected chi connectivity index (χ2v) is 3.91. The minimum Gasteiger partial charge on any atom is -0.397 e. The number of amides is 1. The highest BCUT2D eigenvalue weighted by Crippen LogP contribution is 2.24. The summed E-state index contributed by atoms with van der Waals surface area (Å²) in [4.78, 5) is 17.0. The van der Waals surface area contributed by atoms with Crippen LogP contribution in [0.15, 0.2) is 18.3 Å². The van der Waals surface area contributed by atoms with E-state index in [4.69, 9.17) is 11.5 Å². The normalized spacial score (nSPS) is 24.7. The lowest BCUT2D eigenvalue weighted by Crippen LogP contribution is -2.40. The highest BCUT2D eigenvalue weighted by Gasteiger charge is 2.35. The van der Waals surface area contributed by atoms with Gasteiger partial charge in [-0.25, -0.2) is 4.98 Å². The molecule has 1 aliphatic rings. The Morgan fingerprint density at radius 1 is 1.56 bits per heavy atom. The Hall–Kier alpha value is -1.82. The molecule has 1 aromatic rings. The quantitative estimate of drug-likeness (QED) is 0.600. The van der Waals surface area contributed by atoms with Crippen molar-refractivity contribution in [2.24, 2.45) is 5.73 Å². The Kier molecular flexibility index (Phi) is 2.66. The van der Waals surface area contributed by atoms with Crippen molar-refractivity contribution >= 4 is 17.4 Å². The lowest BCUT2D eigenvalue weighted by atomic mass is 10.2. The molecule has 2 atom stereocenters. The van der Waals surface area contributed by atoms with Gasteiger partial charge in [0.05, 0.1) is 18.0 Å². The van der Waals surface area contributed by atoms with E-state index >= 15 is 0 Å². The molecule has 2 unspecified atom stereocenters. The number of rotatable bonds is 2. The average Bonchev–Trinajstić information content (AvgIpc) is 2.61. The molecule has 2 heterocycles. The van der Waals surface area contributed by atoms with Crippen LogP contribution >= 0.6 is 0 Å². The number of carbonyl (C=O) groups excluding carboxylic acids is 1. The molecule has 0 radical (unpaired) electrons. The van der Waals surface area contributed by atoms with Crippen LogP contribution in [0.25, 0.3) is 0 Å². The molecule has 5 N–H and O–H groups in total. The molecule has 86 valence electrons. The summed E-state index contributed by atoms with van der Waals surface area (Å²) in [6, 6.07) is 2.92. The number of nitrogens with zero attached hydrogens (tertiary/aromatic N) is 2. The van der Waals surface area contributed by atoms with E-state index in [0.29, 0.717) is 24.5 Å². The van der Waals surface area contributed by atoms with Gasteiger partial charge in [-0.05, 0) is 12.1 Å². The molecule has 6 nitrogen and oxygen atoms in total. The van der Waals surface area contributed by atoms with E-state index in [0.717, 1.165) is 0 Å². The van der Waals surface area contributed by atoms with E-state index in [9.17, 15) is 9.90 Å². The zero-order valence-corrected chi connectivity index (χ0v) is 8.71. The first-order chi connectivity index (χ1) is 7.58. The van der Waals surface area contributed by atoms with Gasteiger partial charge in [0.15, 0.2) is 0 Å². The fraction of sp³-hybridized carbons (Fsp3) is 0.400. The first kappa shape index (κ1) is 10.7. The summed E-state index contributed by atoms with van der Waals surface area (Å²) in [6.07, 6.45) is 1.32. The van der Waals surface area contributed by atoms with Crippen LogP contribution in [0.3, 0.4) is 0 Å². The predicted molar refractivity (Wildman–Crippen MR) is 59.6 cm³/mol. The van der Waals surface area contributed by atoms with Gasteiger partial charge < -0.3 is 21.5 Å². The van der Waals surface area contributed by atoms with E-state index in [1.807, 2.05) is 0 Å². The Morgan fingerprint density at radius 2 is 2.31 bits per heavy atom. The molecule has 1 aromatic heterocycles. The molecule has 0 saturated carbocycles. The molecule has 2 rings (SSSR count). The summed E-state index contributed by atoms with van der Waals surface area (Å²) in [5.41, 5.74) is 11.4. The summed E-state index contributed by atoms with van der Waals surface area (Å²) in [6.45, 7) is 0.366. The van der Waals surface area contributed by atoms with E-state index in [1.165, 1.54) is 6.20 Å². The number of aromatic nitrogens is 1. The van der Waals surface area contributed by atoms with E-state index in [2.05, 4.69) is 4.98 Å². The third-order valence-corrected chi connectivity index (χ3v) is 2.67. The number of aliphatic hydroxyl groups excluding tert-OH is 1. The van der Waals surface area contributed by atoms with Gasteiger partial charge in [-0.3, -0.25) is 4.79 Å². The highest BCUT2D eigenvalue weighted by molar-refractivity contribution is 5.84. The van der Waals surface area contributed by atoms with E-state index < -0.39 is 18.1 Å². The van der Waals surface area contributed by atoms with Crippen molar-refractivity contribution < 1.29 is 9.90 Å². The number of anilines is 2. The van der Waals surface area contributed by atoms with Gasteiger partial charge in [0.1, 0.15) is 11.9 Å². The zero-order valence-electron chi connectivity index (χ0n) is 8.71. The van der Waals surface area contributed by atoms with Gasteiger partial charge >= 0.3 is 0 Å². The largest absolute Gasteiger partial charge is 0.397 e. The molecule has 0 bridgehead atoms. The van der Waals surface area contributed by atoms with Gasteiger partial charge in [0.2, 0.25) is 5.91 Å². The summed E-state index contributed by atoms with van der Waals surface area (Å²) in [5.74, 6) is 0.157. The SMILES string of the molecule is NC(=O)C1CC(O)CN1c1ccc(N)cn1. The molecule has 16 heavy (non-hydrogen) atoms. The maximum Gasteiger partial charge on any atom is 0.240 e. The fourth-order valence-electron chi connectivity index (χ4n) is 1.90. The van der Waals surface area contributed by atoms with Crippen LogP contribution in [0.5, 0.6) is 0 Å². The first-order valence-corrected chi connectivity index (χ1v) is 5.03. The highest BCUT2D eigenvalue weighted by atomic mass is 16.3. The predicted octanol–water partition coefficient (Wildman–Crippen LogP) is -0.911. The molecule has 0 aliphatic carbocycles. The topological polar surface area (TPSA) is 105 Å². The number of carbonyl (C=O) groups is 1. The molecule has 0 spiro atoms. The maximum atomic E-state index is 11.2. The van der Waals surface area contributed by atoms with E-state index in [1.54, 1.807) is 17.0 Å². The van der Waals surface area contributed by atoms with Crippen LogP contribution in [0.1, 0.15) is 6.42 Å². The number of nitrogens with two attached hydrogens (primary N) is 2. The number of aliphatic hydroxyl groups is 1. The average molecular weight is 222 g/mol. The van der Waals surface area contributed by atoms with Crippen LogP contribution in [0.2, 0.25) is 0 Å². The summed E-state index contributed by atoms with van der Waals surface area (Å²) in [5, 5.41) is 9.53. The smallest absolute Gasteiger partial charge is 0.240 e. The molecular weight excluding hydrogens is 208 g/mol. The van der Waals surface area contributed by atoms with Crippen LogP contribution < -0.4 is 16.4 Å². The van der Waals surface area contributed by atoms with Crippen molar-refractivity contribution in [2.75, 3.05) is 17.2 Å². The number of nitrogen functional groups attached to an aromatic ring is 1. The first-order valence-electron chi connectivity index (χ1n) is 5.03. The van der Waals surface area contributed by atoms with Crippen molar-refractivity contribution in [2.45, 2.75) is 18.6 Å². The summed E-state index contributed by atoms with van der Waals surface area (Å²) < 4.78 is 0. The van der Waals surface area contributed by atoms with Crippen LogP contribution in [-0.4, -0.2) is 34.7 Å². The second-order valence-electron chi connectivity index (χ2n) is 3.91. The number of pyridine rings is 1. The van der Waals surface area contributed by atoms with Gasteiger partial charge in [0, 0.05) is 13.0 Å². The molecule has 1 aliphatic heterocycles. The lowest BCUT2D eigenvalue weighted by Gasteiger charge is -2.22. The summed E-state index contributed by atoms with van der Waals surface area (Å²) >= 11 is 0. The van der Waals surface area contributed by atoms with Crippen molar-refractivity contribution in [3.05, 3.63) is 18.3 Å². The minimum absolute atomic E-state index is 0.349. The lowest BCUT2D eigenvalue weighted by molar-refractivity contribution is -0.119. The molecular formula is C10H14N4O2. The Bertz CT molecular complexity index is 392. The van der Waals surface area contributed by atoms with Gasteiger partial charge in [0.25, 0.3) is 0 Å². The monoisotopic (exact) mass is 222 g/mol. The number of primary amides is 1. The van der Waals surface area contributed by atoms with Crippen LogP contribution in [-0.2, 0) is 4.79 Å². The Morgan fingerprint density at radius 3 is 2.88 bits per heavy atom. The molecule has 0 aromatic carbocycles. The number of hydrogen-bond acceptors (Lipinski definition) is 5. The molecule has 6 heteroatoms. The van der Waals surface area contributed by atoms with Crippen LogP contribution in [0.4, 0.5) is 11.5 Å². The summed E-state index contributed by atoms with van der Waals surface area (Å²) in [7, 11) is 0. The Balaban J connectivity index is 2.25. The number of β-amino-alcohol motifs (C(OH)–C–C–N with tert-alkyl or cyclic N) is 1. The van der Waals surface area contributed by atoms with Gasteiger partial charge in [-0.1, -0.05) is 0 Å². The Labute approximate surface area is 92.9 Å². The third-order valence-electron chi connectivity index (χ3n) is 2.67. The third kappa shape index (κ3) is 1.92. The molecule has 1 amide bonds. The van der Waals surface area contributed by atoms with Crippen molar-refractivity contribution in [1.29, 1.82) is 0 Å². The van der Waals surface area contributed by atoms with Gasteiger partial charge in [-0.2, -0.15) is 0 Å². The fourth-order valence-corrected chi connectivity index (χ4v) is 1.90.